The standard InChI is InChI=1S/C12H19F3N2O3/c1-11(2,3)20-10(18)17-6-4-8(5-7-17)9(16-19)12(13,14)15/h8,19H,4-7H2,1-3H3/b16-9-. The summed E-state index contributed by atoms with van der Waals surface area (Å²) in [4.78, 5) is 13.1. The molecule has 0 bridgehead atoms. The van der Waals surface area contributed by atoms with Crippen LogP contribution in [0.1, 0.15) is 33.6 Å². The highest BCUT2D eigenvalue weighted by Gasteiger charge is 2.43. The second-order valence-corrected chi connectivity index (χ2v) is 5.72. The number of alkyl halides is 3. The number of carbonyl (C=O) groups is 1. The molecule has 1 heterocycles. The molecule has 0 saturated carbocycles. The minimum atomic E-state index is -4.65. The molecule has 0 aromatic carbocycles. The molecule has 1 amide bonds. The summed E-state index contributed by atoms with van der Waals surface area (Å²) in [6.07, 6.45) is -4.99. The van der Waals surface area contributed by atoms with Crippen LogP contribution in [0.3, 0.4) is 0 Å². The third-order valence-corrected chi connectivity index (χ3v) is 2.93. The molecule has 20 heavy (non-hydrogen) atoms. The molecule has 1 aliphatic heterocycles. The van der Waals surface area contributed by atoms with Crippen molar-refractivity contribution in [1.82, 2.24) is 4.90 Å². The number of amides is 1. The zero-order valence-corrected chi connectivity index (χ0v) is 11.7. The van der Waals surface area contributed by atoms with Crippen LogP contribution in [0.4, 0.5) is 18.0 Å². The predicted octanol–water partition coefficient (Wildman–Crippen LogP) is 3.03. The molecule has 1 fully saturated rings. The van der Waals surface area contributed by atoms with Crippen molar-refractivity contribution in [1.29, 1.82) is 0 Å². The molecule has 0 spiro atoms. The molecule has 8 heteroatoms. The van der Waals surface area contributed by atoms with Gasteiger partial charge in [0.25, 0.3) is 0 Å². The number of carbonyl (C=O) groups excluding carboxylic acids is 1. The van der Waals surface area contributed by atoms with Gasteiger partial charge in [0.1, 0.15) is 5.60 Å². The van der Waals surface area contributed by atoms with E-state index in [1.54, 1.807) is 20.8 Å². The summed E-state index contributed by atoms with van der Waals surface area (Å²) in [5.74, 6) is -0.890. The minimum Gasteiger partial charge on any atom is -0.444 e. The van der Waals surface area contributed by atoms with Crippen molar-refractivity contribution in [3.8, 4) is 0 Å². The minimum absolute atomic E-state index is 0.0954. The Balaban J connectivity index is 2.58. The quantitative estimate of drug-likeness (QED) is 0.459. The van der Waals surface area contributed by atoms with Gasteiger partial charge >= 0.3 is 12.3 Å². The van der Waals surface area contributed by atoms with Gasteiger partial charge in [-0.05, 0) is 33.6 Å². The van der Waals surface area contributed by atoms with E-state index in [0.29, 0.717) is 0 Å². The maximum atomic E-state index is 12.6. The molecule has 116 valence electrons. The Morgan fingerprint density at radius 1 is 1.25 bits per heavy atom. The molecule has 5 nitrogen and oxygen atoms in total. The Kier molecular flexibility index (Phi) is 4.88. The SMILES string of the molecule is CC(C)(C)OC(=O)N1CCC(/C(=N/O)C(F)(F)F)CC1. The van der Waals surface area contributed by atoms with E-state index in [4.69, 9.17) is 9.94 Å². The van der Waals surface area contributed by atoms with Gasteiger partial charge in [-0.15, -0.1) is 0 Å². The van der Waals surface area contributed by atoms with E-state index in [9.17, 15) is 18.0 Å². The lowest BCUT2D eigenvalue weighted by Gasteiger charge is -2.33. The second kappa shape index (κ2) is 5.88. The van der Waals surface area contributed by atoms with Crippen molar-refractivity contribution >= 4 is 11.8 Å². The van der Waals surface area contributed by atoms with Gasteiger partial charge < -0.3 is 14.8 Å². The summed E-state index contributed by atoms with van der Waals surface area (Å²) in [6, 6.07) is 0. The van der Waals surface area contributed by atoms with Gasteiger partial charge in [0, 0.05) is 19.0 Å². The Morgan fingerprint density at radius 2 is 1.75 bits per heavy atom. The number of likely N-dealkylation sites (tertiary alicyclic amines) is 1. The lowest BCUT2D eigenvalue weighted by atomic mass is 9.92. The summed E-state index contributed by atoms with van der Waals surface area (Å²) in [7, 11) is 0. The number of hydrogen-bond acceptors (Lipinski definition) is 4. The molecule has 0 aromatic rings. The fourth-order valence-electron chi connectivity index (χ4n) is 2.03. The van der Waals surface area contributed by atoms with E-state index < -0.39 is 29.5 Å². The van der Waals surface area contributed by atoms with Crippen LogP contribution in [0.25, 0.3) is 0 Å². The molecule has 1 N–H and O–H groups in total. The van der Waals surface area contributed by atoms with E-state index in [-0.39, 0.29) is 25.9 Å². The molecule has 0 unspecified atom stereocenters. The van der Waals surface area contributed by atoms with Crippen molar-refractivity contribution in [3.63, 3.8) is 0 Å². The Morgan fingerprint density at radius 3 is 2.10 bits per heavy atom. The summed E-state index contributed by atoms with van der Waals surface area (Å²) in [5, 5.41) is 10.9. The number of piperidine rings is 1. The third-order valence-electron chi connectivity index (χ3n) is 2.93. The first-order valence-corrected chi connectivity index (χ1v) is 6.31. The van der Waals surface area contributed by atoms with Gasteiger partial charge in [-0.2, -0.15) is 13.2 Å². The van der Waals surface area contributed by atoms with Crippen LogP contribution < -0.4 is 0 Å². The van der Waals surface area contributed by atoms with Crippen LogP contribution in [0.15, 0.2) is 5.16 Å². The molecule has 1 rings (SSSR count). The van der Waals surface area contributed by atoms with Crippen molar-refractivity contribution in [2.45, 2.75) is 45.4 Å². The normalized spacial score (nSPS) is 19.1. The molecule has 1 saturated heterocycles. The van der Waals surface area contributed by atoms with E-state index in [1.165, 1.54) is 4.90 Å². The molecule has 1 aliphatic rings. The van der Waals surface area contributed by atoms with Gasteiger partial charge in [0.05, 0.1) is 0 Å². The van der Waals surface area contributed by atoms with Gasteiger partial charge in [-0.3, -0.25) is 0 Å². The van der Waals surface area contributed by atoms with Crippen LogP contribution >= 0.6 is 0 Å². The summed E-state index contributed by atoms with van der Waals surface area (Å²) < 4.78 is 42.9. The van der Waals surface area contributed by atoms with Crippen molar-refractivity contribution in [3.05, 3.63) is 0 Å². The number of rotatable bonds is 1. The topological polar surface area (TPSA) is 62.1 Å². The largest absolute Gasteiger partial charge is 0.444 e. The maximum absolute atomic E-state index is 12.6. The highest BCUT2D eigenvalue weighted by Crippen LogP contribution is 2.29. The highest BCUT2D eigenvalue weighted by molar-refractivity contribution is 5.91. The van der Waals surface area contributed by atoms with Crippen molar-refractivity contribution in [2.75, 3.05) is 13.1 Å². The van der Waals surface area contributed by atoms with E-state index in [2.05, 4.69) is 5.16 Å². The first-order chi connectivity index (χ1) is 9.04. The van der Waals surface area contributed by atoms with Crippen LogP contribution in [-0.2, 0) is 4.74 Å². The van der Waals surface area contributed by atoms with Gasteiger partial charge in [-0.25, -0.2) is 4.79 Å². The summed E-state index contributed by atoms with van der Waals surface area (Å²) in [6.45, 7) is 5.46. The van der Waals surface area contributed by atoms with Crippen LogP contribution in [0, 0.1) is 5.92 Å². The Bertz CT molecular complexity index is 380. The van der Waals surface area contributed by atoms with Crippen LogP contribution in [0.5, 0.6) is 0 Å². The summed E-state index contributed by atoms with van der Waals surface area (Å²) >= 11 is 0. The smallest absolute Gasteiger partial charge is 0.432 e. The van der Waals surface area contributed by atoms with Crippen molar-refractivity contribution in [2.24, 2.45) is 11.1 Å². The average Bonchev–Trinajstić information content (AvgIpc) is 2.26. The molecule has 0 aliphatic carbocycles. The fourth-order valence-corrected chi connectivity index (χ4v) is 2.03. The predicted molar refractivity (Wildman–Crippen MR) is 65.8 cm³/mol. The van der Waals surface area contributed by atoms with Crippen molar-refractivity contribution < 1.29 is 27.9 Å². The molecular weight excluding hydrogens is 277 g/mol. The highest BCUT2D eigenvalue weighted by atomic mass is 19.4. The molecule has 0 atom stereocenters. The molecule has 0 radical (unpaired) electrons. The van der Waals surface area contributed by atoms with Crippen LogP contribution in [-0.4, -0.2) is 46.8 Å². The van der Waals surface area contributed by atoms with E-state index in [1.807, 2.05) is 0 Å². The molecule has 0 aromatic heterocycles. The van der Waals surface area contributed by atoms with E-state index in [0.717, 1.165) is 0 Å². The first-order valence-electron chi connectivity index (χ1n) is 6.31. The van der Waals surface area contributed by atoms with Gasteiger partial charge in [0.15, 0.2) is 5.71 Å². The first kappa shape index (κ1) is 16.6. The zero-order valence-electron chi connectivity index (χ0n) is 11.7. The number of nitrogens with zero attached hydrogens (tertiary/aromatic N) is 2. The second-order valence-electron chi connectivity index (χ2n) is 5.72. The Labute approximate surface area is 115 Å². The fraction of sp³-hybridized carbons (Fsp3) is 0.833. The van der Waals surface area contributed by atoms with E-state index >= 15 is 0 Å². The third kappa shape index (κ3) is 4.57. The number of halogens is 3. The monoisotopic (exact) mass is 296 g/mol. The summed E-state index contributed by atoms with van der Waals surface area (Å²) in [5.41, 5.74) is -1.82. The van der Waals surface area contributed by atoms with Gasteiger partial charge in [-0.1, -0.05) is 5.16 Å². The molecular formula is C12H19F3N2O3. The van der Waals surface area contributed by atoms with Crippen LogP contribution in [0.2, 0.25) is 0 Å². The maximum Gasteiger partial charge on any atom is 0.432 e. The van der Waals surface area contributed by atoms with Gasteiger partial charge in [0.2, 0.25) is 0 Å². The number of hydrogen-bond donors (Lipinski definition) is 1. The zero-order chi connectivity index (χ0) is 15.6. The Hall–Kier alpha value is -1.47. The number of oxime groups is 1. The average molecular weight is 296 g/mol. The lowest BCUT2D eigenvalue weighted by Crippen LogP contribution is -2.44. The lowest BCUT2D eigenvalue weighted by molar-refractivity contribution is -0.0665. The number of ether oxygens (including phenoxy) is 1.